The van der Waals surface area contributed by atoms with E-state index in [-0.39, 0.29) is 31.1 Å². The van der Waals surface area contributed by atoms with Crippen molar-refractivity contribution in [3.05, 3.63) is 85.1 Å². The van der Waals surface area contributed by atoms with Crippen molar-refractivity contribution in [1.29, 1.82) is 0 Å². The van der Waals surface area contributed by atoms with Gasteiger partial charge < -0.3 is 14.2 Å². The number of carbonyl (C=O) groups is 3. The largest absolute Gasteiger partial charge is 0.462 e. The van der Waals surface area contributed by atoms with E-state index < -0.39 is 6.10 Å². The van der Waals surface area contributed by atoms with E-state index in [2.05, 4.69) is 106 Å². The fourth-order valence-corrected chi connectivity index (χ4v) is 7.92. The lowest BCUT2D eigenvalue weighted by atomic mass is 10.1. The summed E-state index contributed by atoms with van der Waals surface area (Å²) in [5.74, 6) is -0.937. The van der Waals surface area contributed by atoms with Crippen molar-refractivity contribution in [3.8, 4) is 0 Å². The average Bonchev–Trinajstić information content (AvgIpc) is 3.35. The molecule has 0 aliphatic heterocycles. The lowest BCUT2D eigenvalue weighted by Crippen LogP contribution is -2.30. The summed E-state index contributed by atoms with van der Waals surface area (Å²) in [5.41, 5.74) is 0. The highest BCUT2D eigenvalue weighted by molar-refractivity contribution is 5.71. The molecule has 0 radical (unpaired) electrons. The van der Waals surface area contributed by atoms with Gasteiger partial charge in [0.05, 0.1) is 0 Å². The maximum absolute atomic E-state index is 12.9. The molecule has 0 saturated carbocycles. The molecule has 0 heterocycles. The van der Waals surface area contributed by atoms with E-state index in [9.17, 15) is 14.4 Å². The fraction of sp³-hybridized carbons (Fsp3) is 0.730. The predicted molar refractivity (Wildman–Crippen MR) is 297 cm³/mol. The summed E-state index contributed by atoms with van der Waals surface area (Å²) in [7, 11) is 0. The molecule has 0 atom stereocenters. The minimum atomic E-state index is -0.799. The molecule has 0 aliphatic carbocycles. The number of rotatable bonds is 52. The summed E-state index contributed by atoms with van der Waals surface area (Å²) in [6.07, 6.45) is 74.2. The number of hydrogen-bond acceptors (Lipinski definition) is 6. The molecule has 0 N–H and O–H groups in total. The van der Waals surface area contributed by atoms with Crippen LogP contribution in [0.15, 0.2) is 85.1 Å². The first-order valence-corrected chi connectivity index (χ1v) is 29.1. The van der Waals surface area contributed by atoms with Crippen LogP contribution in [0.2, 0.25) is 0 Å². The van der Waals surface area contributed by atoms with Crippen LogP contribution in [0.25, 0.3) is 0 Å². The van der Waals surface area contributed by atoms with Crippen LogP contribution in [-0.4, -0.2) is 37.2 Å². The highest BCUT2D eigenvalue weighted by atomic mass is 16.6. The molecule has 0 aromatic rings. The van der Waals surface area contributed by atoms with Crippen LogP contribution in [0.1, 0.15) is 278 Å². The molecule has 0 bridgehead atoms. The summed E-state index contributed by atoms with van der Waals surface area (Å²) in [5, 5.41) is 0. The van der Waals surface area contributed by atoms with E-state index in [1.54, 1.807) is 0 Å². The van der Waals surface area contributed by atoms with Crippen molar-refractivity contribution in [2.24, 2.45) is 0 Å². The van der Waals surface area contributed by atoms with Crippen molar-refractivity contribution >= 4 is 17.9 Å². The third kappa shape index (κ3) is 55.4. The normalized spacial score (nSPS) is 12.3. The highest BCUT2D eigenvalue weighted by Gasteiger charge is 2.19. The number of carbonyl (C=O) groups excluding carboxylic acids is 3. The van der Waals surface area contributed by atoms with Gasteiger partial charge in [0.15, 0.2) is 6.10 Å². The zero-order valence-electron chi connectivity index (χ0n) is 45.3. The molecule has 0 aromatic carbocycles. The number of unbranched alkanes of at least 4 members (excludes halogenated alkanes) is 27. The van der Waals surface area contributed by atoms with Gasteiger partial charge in [0, 0.05) is 19.3 Å². The first-order chi connectivity index (χ1) is 34.0. The Bertz CT molecular complexity index is 1260. The topological polar surface area (TPSA) is 78.9 Å². The van der Waals surface area contributed by atoms with Gasteiger partial charge in [-0.15, -0.1) is 0 Å². The summed E-state index contributed by atoms with van der Waals surface area (Å²) < 4.78 is 16.8. The van der Waals surface area contributed by atoms with E-state index in [1.165, 1.54) is 128 Å². The van der Waals surface area contributed by atoms with Crippen LogP contribution < -0.4 is 0 Å². The summed E-state index contributed by atoms with van der Waals surface area (Å²) in [6, 6.07) is 0. The maximum Gasteiger partial charge on any atom is 0.306 e. The molecule has 396 valence electrons. The van der Waals surface area contributed by atoms with Gasteiger partial charge in [0.1, 0.15) is 13.2 Å². The van der Waals surface area contributed by atoms with Gasteiger partial charge in [-0.3, -0.25) is 14.4 Å². The molecule has 0 amide bonds. The van der Waals surface area contributed by atoms with Crippen molar-refractivity contribution in [2.75, 3.05) is 13.2 Å². The van der Waals surface area contributed by atoms with Crippen LogP contribution in [0, 0.1) is 0 Å². The molecule has 69 heavy (non-hydrogen) atoms. The zero-order chi connectivity index (χ0) is 50.0. The van der Waals surface area contributed by atoms with Crippen LogP contribution in [-0.2, 0) is 28.6 Å². The molecule has 0 unspecified atom stereocenters. The predicted octanol–water partition coefficient (Wildman–Crippen LogP) is 19.5. The monoisotopic (exact) mass is 961 g/mol. The lowest BCUT2D eigenvalue weighted by Gasteiger charge is -2.18. The minimum Gasteiger partial charge on any atom is -0.462 e. The van der Waals surface area contributed by atoms with Gasteiger partial charge in [-0.25, -0.2) is 0 Å². The van der Waals surface area contributed by atoms with Gasteiger partial charge in [0.25, 0.3) is 0 Å². The number of allylic oxidation sites excluding steroid dienone is 14. The zero-order valence-corrected chi connectivity index (χ0v) is 45.3. The molecule has 0 spiro atoms. The third-order valence-electron chi connectivity index (χ3n) is 12.3. The molecule has 0 fully saturated rings. The van der Waals surface area contributed by atoms with E-state index in [0.717, 1.165) is 109 Å². The van der Waals surface area contributed by atoms with Crippen LogP contribution in [0.3, 0.4) is 0 Å². The molecule has 0 aliphatic rings. The second-order valence-corrected chi connectivity index (χ2v) is 19.2. The second-order valence-electron chi connectivity index (χ2n) is 19.2. The second kappa shape index (κ2) is 57.2. The maximum atomic E-state index is 12.9. The number of ether oxygens (including phenoxy) is 3. The van der Waals surface area contributed by atoms with Gasteiger partial charge in [-0.1, -0.05) is 221 Å². The molecule has 6 nitrogen and oxygen atoms in total. The van der Waals surface area contributed by atoms with Crippen molar-refractivity contribution in [3.63, 3.8) is 0 Å². The quantitative estimate of drug-likeness (QED) is 0.0262. The van der Waals surface area contributed by atoms with Gasteiger partial charge >= 0.3 is 17.9 Å². The SMILES string of the molecule is CCCCC/C=C\C/C=C\C/C=C\CCCCCCC(=O)OCC(COC(=O)CCCCCC/C=C\C/C=C\C/C=C\CCCCC)OC(=O)CCCCCCCCC/C=C\CCCCCCCC. The summed E-state index contributed by atoms with van der Waals surface area (Å²) >= 11 is 0. The number of hydrogen-bond donors (Lipinski definition) is 0. The molecule has 0 aromatic heterocycles. The van der Waals surface area contributed by atoms with E-state index in [4.69, 9.17) is 14.2 Å². The Morgan fingerprint density at radius 3 is 0.855 bits per heavy atom. The Kier molecular flexibility index (Phi) is 54.3. The summed E-state index contributed by atoms with van der Waals surface area (Å²) in [6.45, 7) is 6.55. The van der Waals surface area contributed by atoms with E-state index >= 15 is 0 Å². The molecular formula is C63H108O6. The smallest absolute Gasteiger partial charge is 0.306 e. The van der Waals surface area contributed by atoms with E-state index in [1.807, 2.05) is 0 Å². The van der Waals surface area contributed by atoms with Crippen LogP contribution in [0.4, 0.5) is 0 Å². The first-order valence-electron chi connectivity index (χ1n) is 29.1. The van der Waals surface area contributed by atoms with Gasteiger partial charge in [-0.05, 0) is 122 Å². The Morgan fingerprint density at radius 1 is 0.290 bits per heavy atom. The fourth-order valence-electron chi connectivity index (χ4n) is 7.92. The third-order valence-corrected chi connectivity index (χ3v) is 12.3. The van der Waals surface area contributed by atoms with Crippen molar-refractivity contribution in [1.82, 2.24) is 0 Å². The van der Waals surface area contributed by atoms with E-state index in [0.29, 0.717) is 19.3 Å². The standard InChI is InChI=1S/C63H108O6/c1-4-7-10-13-16-19-22-25-28-31-34-37-40-43-46-49-52-55-61(64)67-58-60(69-63(66)57-54-51-48-45-42-39-36-33-30-27-24-21-18-15-12-9-6-3)59-68-62(65)56-53-50-47-44-41-38-35-32-29-26-23-20-17-14-11-8-5-2/h16-17,19-20,25-30,34-35,37-38,60H,4-15,18,21-24,31-33,36,39-59H2,1-3H3/b19-16-,20-17-,28-25-,29-26-,30-27-,37-34-,38-35-. The van der Waals surface area contributed by atoms with Gasteiger partial charge in [0.2, 0.25) is 0 Å². The summed E-state index contributed by atoms with van der Waals surface area (Å²) in [4.78, 5) is 38.2. The van der Waals surface area contributed by atoms with Crippen LogP contribution >= 0.6 is 0 Å². The lowest BCUT2D eigenvalue weighted by molar-refractivity contribution is -0.167. The van der Waals surface area contributed by atoms with Crippen molar-refractivity contribution < 1.29 is 28.6 Å². The Morgan fingerprint density at radius 2 is 0.522 bits per heavy atom. The van der Waals surface area contributed by atoms with Crippen molar-refractivity contribution in [2.45, 2.75) is 284 Å². The highest BCUT2D eigenvalue weighted by Crippen LogP contribution is 2.14. The Labute approximate surface area is 426 Å². The minimum absolute atomic E-state index is 0.0972. The molecular weight excluding hydrogens is 853 g/mol. The Balaban J connectivity index is 4.47. The number of esters is 3. The average molecular weight is 962 g/mol. The van der Waals surface area contributed by atoms with Gasteiger partial charge in [-0.2, -0.15) is 0 Å². The Hall–Kier alpha value is -3.41. The van der Waals surface area contributed by atoms with Crippen LogP contribution in [0.5, 0.6) is 0 Å². The molecule has 0 rings (SSSR count). The molecule has 0 saturated heterocycles. The first kappa shape index (κ1) is 65.6. The molecule has 6 heteroatoms.